The number of rotatable bonds is 4. The number of alkyl halides is 1. The van der Waals surface area contributed by atoms with Crippen molar-refractivity contribution in [2.24, 2.45) is 0 Å². The number of halogens is 3. The highest BCUT2D eigenvalue weighted by Gasteiger charge is 2.21. The molecular formula is C16H15Br2ClO2. The zero-order valence-electron chi connectivity index (χ0n) is 11.9. The maximum absolute atomic E-state index is 6.67. The molecule has 0 saturated carbocycles. The molecule has 1 atom stereocenters. The Morgan fingerprint density at radius 2 is 1.67 bits per heavy atom. The number of ether oxygens (including phenoxy) is 2. The van der Waals surface area contributed by atoms with Gasteiger partial charge >= 0.3 is 0 Å². The molecule has 5 heteroatoms. The first-order valence-corrected chi connectivity index (χ1v) is 8.32. The Morgan fingerprint density at radius 1 is 1.00 bits per heavy atom. The van der Waals surface area contributed by atoms with E-state index in [1.165, 1.54) is 5.56 Å². The minimum Gasteiger partial charge on any atom is -0.495 e. The van der Waals surface area contributed by atoms with Crippen LogP contribution >= 0.6 is 43.5 Å². The minimum atomic E-state index is -0.322. The maximum atomic E-state index is 6.67. The van der Waals surface area contributed by atoms with Gasteiger partial charge in [-0.2, -0.15) is 0 Å². The van der Waals surface area contributed by atoms with E-state index in [0.717, 1.165) is 20.1 Å². The Labute approximate surface area is 146 Å². The third-order valence-corrected chi connectivity index (χ3v) is 5.13. The molecule has 21 heavy (non-hydrogen) atoms. The Balaban J connectivity index is 2.52. The Morgan fingerprint density at radius 3 is 2.24 bits per heavy atom. The fourth-order valence-corrected chi connectivity index (χ4v) is 4.02. The fraction of sp³-hybridized carbons (Fsp3) is 0.250. The molecule has 0 heterocycles. The summed E-state index contributed by atoms with van der Waals surface area (Å²) in [5.74, 6) is 1.39. The lowest BCUT2D eigenvalue weighted by atomic mass is 10.0. The van der Waals surface area contributed by atoms with Crippen molar-refractivity contribution in [3.8, 4) is 11.5 Å². The van der Waals surface area contributed by atoms with E-state index in [1.54, 1.807) is 14.2 Å². The van der Waals surface area contributed by atoms with Crippen LogP contribution in [0.2, 0.25) is 0 Å². The van der Waals surface area contributed by atoms with Crippen molar-refractivity contribution in [1.82, 2.24) is 0 Å². The Kier molecular flexibility index (Phi) is 5.58. The highest BCUT2D eigenvalue weighted by molar-refractivity contribution is 9.11. The predicted octanol–water partition coefficient (Wildman–Crippen LogP) is 5.87. The van der Waals surface area contributed by atoms with Gasteiger partial charge in [0.2, 0.25) is 0 Å². The van der Waals surface area contributed by atoms with Gasteiger partial charge in [-0.1, -0.05) is 28.1 Å². The highest BCUT2D eigenvalue weighted by Crippen LogP contribution is 2.44. The van der Waals surface area contributed by atoms with Gasteiger partial charge in [0.15, 0.2) is 0 Å². The molecule has 0 spiro atoms. The second-order valence-corrected chi connectivity index (χ2v) is 6.68. The summed E-state index contributed by atoms with van der Waals surface area (Å²) < 4.78 is 12.5. The fourth-order valence-electron chi connectivity index (χ4n) is 2.12. The topological polar surface area (TPSA) is 18.5 Å². The average molecular weight is 435 g/mol. The highest BCUT2D eigenvalue weighted by atomic mass is 79.9. The summed E-state index contributed by atoms with van der Waals surface area (Å²) >= 11 is 13.7. The van der Waals surface area contributed by atoms with Gasteiger partial charge in [-0.3, -0.25) is 0 Å². The van der Waals surface area contributed by atoms with Gasteiger partial charge in [0.1, 0.15) is 16.0 Å². The molecule has 0 saturated heterocycles. The first-order valence-electron chi connectivity index (χ1n) is 6.30. The monoisotopic (exact) mass is 432 g/mol. The average Bonchev–Trinajstić information content (AvgIpc) is 2.46. The SMILES string of the molecule is COc1ccc(C(Cl)c2ccc(C)cc2Br)c(OC)c1Br. The van der Waals surface area contributed by atoms with Crippen LogP contribution in [0.25, 0.3) is 0 Å². The largest absolute Gasteiger partial charge is 0.495 e. The van der Waals surface area contributed by atoms with Gasteiger partial charge in [0, 0.05) is 10.0 Å². The first kappa shape index (κ1) is 16.7. The summed E-state index contributed by atoms with van der Waals surface area (Å²) in [6.45, 7) is 2.04. The van der Waals surface area contributed by atoms with Crippen molar-refractivity contribution in [3.63, 3.8) is 0 Å². The van der Waals surface area contributed by atoms with E-state index in [2.05, 4.69) is 37.9 Å². The van der Waals surface area contributed by atoms with E-state index in [0.29, 0.717) is 11.5 Å². The van der Waals surface area contributed by atoms with Crippen LogP contribution in [-0.2, 0) is 0 Å². The van der Waals surface area contributed by atoms with E-state index in [-0.39, 0.29) is 5.38 Å². The molecule has 0 amide bonds. The molecule has 1 unspecified atom stereocenters. The minimum absolute atomic E-state index is 0.322. The second kappa shape index (κ2) is 7.03. The number of methoxy groups -OCH3 is 2. The summed E-state index contributed by atoms with van der Waals surface area (Å²) in [4.78, 5) is 0. The standard InChI is InChI=1S/C16H15Br2ClO2/c1-9-4-5-10(12(17)8-9)15(19)11-6-7-13(20-2)14(18)16(11)21-3/h4-8,15H,1-3H3. The van der Waals surface area contributed by atoms with Crippen LogP contribution in [0.1, 0.15) is 22.1 Å². The van der Waals surface area contributed by atoms with Crippen molar-refractivity contribution in [1.29, 1.82) is 0 Å². The molecule has 0 aromatic heterocycles. The number of aryl methyl sites for hydroxylation is 1. The third-order valence-electron chi connectivity index (χ3n) is 3.22. The van der Waals surface area contributed by atoms with E-state index < -0.39 is 0 Å². The zero-order valence-corrected chi connectivity index (χ0v) is 15.8. The predicted molar refractivity (Wildman–Crippen MR) is 93.8 cm³/mol. The van der Waals surface area contributed by atoms with Crippen molar-refractivity contribution in [2.75, 3.05) is 14.2 Å². The van der Waals surface area contributed by atoms with Crippen molar-refractivity contribution in [3.05, 3.63) is 56.0 Å². The van der Waals surface area contributed by atoms with Crippen LogP contribution in [0.3, 0.4) is 0 Å². The second-order valence-electron chi connectivity index (χ2n) is 4.59. The smallest absolute Gasteiger partial charge is 0.141 e. The molecular weight excluding hydrogens is 419 g/mol. The van der Waals surface area contributed by atoms with Crippen LogP contribution < -0.4 is 9.47 Å². The maximum Gasteiger partial charge on any atom is 0.141 e. The molecule has 0 bridgehead atoms. The summed E-state index contributed by atoms with van der Waals surface area (Å²) in [6, 6.07) is 9.91. The van der Waals surface area contributed by atoms with Gasteiger partial charge < -0.3 is 9.47 Å². The summed E-state index contributed by atoms with van der Waals surface area (Å²) in [6.07, 6.45) is 0. The molecule has 2 rings (SSSR count). The molecule has 2 aromatic rings. The summed E-state index contributed by atoms with van der Waals surface area (Å²) in [7, 11) is 3.24. The van der Waals surface area contributed by atoms with Crippen LogP contribution in [-0.4, -0.2) is 14.2 Å². The van der Waals surface area contributed by atoms with Gasteiger partial charge in [0.05, 0.1) is 19.6 Å². The molecule has 2 nitrogen and oxygen atoms in total. The van der Waals surface area contributed by atoms with Crippen molar-refractivity contribution < 1.29 is 9.47 Å². The van der Waals surface area contributed by atoms with Crippen LogP contribution in [0.15, 0.2) is 39.3 Å². The summed E-state index contributed by atoms with van der Waals surface area (Å²) in [5, 5.41) is -0.322. The lowest BCUT2D eigenvalue weighted by Crippen LogP contribution is -2.00. The lowest BCUT2D eigenvalue weighted by molar-refractivity contribution is 0.386. The molecule has 0 N–H and O–H groups in total. The molecule has 0 aliphatic carbocycles. The molecule has 112 valence electrons. The van der Waals surface area contributed by atoms with Crippen molar-refractivity contribution in [2.45, 2.75) is 12.3 Å². The lowest BCUT2D eigenvalue weighted by Gasteiger charge is -2.18. The number of benzene rings is 2. The Bertz CT molecular complexity index is 659. The van der Waals surface area contributed by atoms with Crippen LogP contribution in [0.5, 0.6) is 11.5 Å². The van der Waals surface area contributed by atoms with Crippen LogP contribution in [0, 0.1) is 6.92 Å². The molecule has 0 aliphatic heterocycles. The van der Waals surface area contributed by atoms with E-state index >= 15 is 0 Å². The van der Waals surface area contributed by atoms with Gasteiger partial charge in [0.25, 0.3) is 0 Å². The molecule has 2 aromatic carbocycles. The summed E-state index contributed by atoms with van der Waals surface area (Å²) in [5.41, 5.74) is 3.06. The normalized spacial score (nSPS) is 12.1. The van der Waals surface area contributed by atoms with E-state index in [1.807, 2.05) is 31.2 Å². The molecule has 0 fully saturated rings. The zero-order chi connectivity index (χ0) is 15.6. The van der Waals surface area contributed by atoms with Gasteiger partial charge in [-0.05, 0) is 52.2 Å². The van der Waals surface area contributed by atoms with Crippen LogP contribution in [0.4, 0.5) is 0 Å². The third kappa shape index (κ3) is 3.38. The van der Waals surface area contributed by atoms with Crippen molar-refractivity contribution >= 4 is 43.5 Å². The quantitative estimate of drug-likeness (QED) is 0.561. The molecule has 0 aliphatic rings. The number of hydrogen-bond acceptors (Lipinski definition) is 2. The van der Waals surface area contributed by atoms with E-state index in [4.69, 9.17) is 21.1 Å². The Hall–Kier alpha value is -0.710. The first-order chi connectivity index (χ1) is 9.99. The number of hydrogen-bond donors (Lipinski definition) is 0. The van der Waals surface area contributed by atoms with Gasteiger partial charge in [-0.25, -0.2) is 0 Å². The molecule has 0 radical (unpaired) electrons. The van der Waals surface area contributed by atoms with Gasteiger partial charge in [-0.15, -0.1) is 11.6 Å². The van der Waals surface area contributed by atoms with E-state index in [9.17, 15) is 0 Å².